The van der Waals surface area contributed by atoms with Crippen molar-refractivity contribution in [3.8, 4) is 28.1 Å². The van der Waals surface area contributed by atoms with Crippen molar-refractivity contribution in [2.45, 2.75) is 46.6 Å². The standard InChI is InChI=1S/C31H31NO3/c1-4-5-10-24-13-14-26(18-22(24)3)29-16-15-28(30(32-29)31(33)34)25-11-7-9-23(19-25)20-35-27-12-6-8-21(2)17-27/h6-9,11-19H,4-5,10,20H2,1-3H3,(H,33,34). The zero-order valence-electron chi connectivity index (χ0n) is 20.5. The number of aromatic nitrogens is 1. The molecule has 0 aliphatic heterocycles. The van der Waals surface area contributed by atoms with Crippen LogP contribution in [0.1, 0.15) is 52.5 Å². The first-order valence-corrected chi connectivity index (χ1v) is 12.1. The van der Waals surface area contributed by atoms with Crippen molar-refractivity contribution in [1.29, 1.82) is 0 Å². The molecule has 0 fully saturated rings. The molecule has 1 N–H and O–H groups in total. The Balaban J connectivity index is 1.60. The van der Waals surface area contributed by atoms with Crippen LogP contribution in [0.3, 0.4) is 0 Å². The van der Waals surface area contributed by atoms with Crippen LogP contribution in [0.2, 0.25) is 0 Å². The summed E-state index contributed by atoms with van der Waals surface area (Å²) in [6, 6.07) is 25.7. The zero-order chi connectivity index (χ0) is 24.8. The van der Waals surface area contributed by atoms with Gasteiger partial charge in [-0.25, -0.2) is 9.78 Å². The van der Waals surface area contributed by atoms with Gasteiger partial charge in [-0.3, -0.25) is 0 Å². The largest absolute Gasteiger partial charge is 0.489 e. The predicted molar refractivity (Wildman–Crippen MR) is 141 cm³/mol. The molecule has 0 atom stereocenters. The monoisotopic (exact) mass is 465 g/mol. The zero-order valence-corrected chi connectivity index (χ0v) is 20.5. The summed E-state index contributed by atoms with van der Waals surface area (Å²) in [4.78, 5) is 16.7. The van der Waals surface area contributed by atoms with Crippen molar-refractivity contribution < 1.29 is 14.6 Å². The van der Waals surface area contributed by atoms with Gasteiger partial charge >= 0.3 is 5.97 Å². The van der Waals surface area contributed by atoms with Gasteiger partial charge in [0.15, 0.2) is 5.69 Å². The fourth-order valence-electron chi connectivity index (χ4n) is 4.22. The highest BCUT2D eigenvalue weighted by Gasteiger charge is 2.16. The lowest BCUT2D eigenvalue weighted by molar-refractivity contribution is 0.0691. The van der Waals surface area contributed by atoms with E-state index in [-0.39, 0.29) is 5.69 Å². The summed E-state index contributed by atoms with van der Waals surface area (Å²) in [5.41, 5.74) is 7.67. The van der Waals surface area contributed by atoms with Crippen LogP contribution in [0.15, 0.2) is 78.9 Å². The fraction of sp³-hybridized carbons (Fsp3) is 0.226. The van der Waals surface area contributed by atoms with Gasteiger partial charge in [-0.05, 0) is 90.9 Å². The van der Waals surface area contributed by atoms with Crippen LogP contribution in [0.25, 0.3) is 22.4 Å². The topological polar surface area (TPSA) is 59.4 Å². The SMILES string of the molecule is CCCCc1ccc(-c2ccc(-c3cccc(COc4cccc(C)c4)c3)c(C(=O)O)n2)cc1C. The van der Waals surface area contributed by atoms with Gasteiger partial charge in [0.05, 0.1) is 5.69 Å². The molecule has 4 rings (SSSR count). The summed E-state index contributed by atoms with van der Waals surface area (Å²) in [6.45, 7) is 6.72. The van der Waals surface area contributed by atoms with Gasteiger partial charge in [0, 0.05) is 11.1 Å². The molecule has 0 unspecified atom stereocenters. The number of hydrogen-bond donors (Lipinski definition) is 1. The third-order valence-electron chi connectivity index (χ3n) is 6.17. The normalized spacial score (nSPS) is 10.8. The maximum absolute atomic E-state index is 12.2. The summed E-state index contributed by atoms with van der Waals surface area (Å²) < 4.78 is 5.93. The molecule has 4 nitrogen and oxygen atoms in total. The van der Waals surface area contributed by atoms with Crippen molar-refractivity contribution in [3.05, 3.63) is 107 Å². The second-order valence-electron chi connectivity index (χ2n) is 8.95. The number of aryl methyl sites for hydroxylation is 3. The number of carboxylic acids is 1. The van der Waals surface area contributed by atoms with Crippen molar-refractivity contribution in [3.63, 3.8) is 0 Å². The van der Waals surface area contributed by atoms with Crippen molar-refractivity contribution in [2.75, 3.05) is 0 Å². The van der Waals surface area contributed by atoms with Gasteiger partial charge in [-0.2, -0.15) is 0 Å². The number of benzene rings is 3. The van der Waals surface area contributed by atoms with Crippen LogP contribution < -0.4 is 4.74 Å². The second-order valence-corrected chi connectivity index (χ2v) is 8.95. The van der Waals surface area contributed by atoms with Gasteiger partial charge in [-0.1, -0.05) is 55.8 Å². The third kappa shape index (κ3) is 5.96. The minimum absolute atomic E-state index is 0.0481. The maximum atomic E-state index is 12.2. The van der Waals surface area contributed by atoms with Crippen molar-refractivity contribution in [1.82, 2.24) is 4.98 Å². The Labute approximate surface area is 207 Å². The van der Waals surface area contributed by atoms with Gasteiger partial charge in [-0.15, -0.1) is 0 Å². The lowest BCUT2D eigenvalue weighted by Gasteiger charge is -2.12. The second kappa shape index (κ2) is 11.0. The van der Waals surface area contributed by atoms with Crippen LogP contribution in [0, 0.1) is 13.8 Å². The van der Waals surface area contributed by atoms with E-state index in [2.05, 4.69) is 31.0 Å². The van der Waals surface area contributed by atoms with Crippen LogP contribution in [-0.2, 0) is 13.0 Å². The molecule has 0 saturated carbocycles. The smallest absolute Gasteiger partial charge is 0.355 e. The van der Waals surface area contributed by atoms with E-state index in [1.54, 1.807) is 0 Å². The number of rotatable bonds is 9. The molecule has 4 aromatic rings. The van der Waals surface area contributed by atoms with E-state index in [9.17, 15) is 9.90 Å². The highest BCUT2D eigenvalue weighted by Crippen LogP contribution is 2.29. The third-order valence-corrected chi connectivity index (χ3v) is 6.17. The van der Waals surface area contributed by atoms with Crippen LogP contribution >= 0.6 is 0 Å². The Morgan fingerprint density at radius 2 is 1.74 bits per heavy atom. The molecule has 0 spiro atoms. The number of pyridine rings is 1. The predicted octanol–water partition coefficient (Wildman–Crippen LogP) is 7.65. The Morgan fingerprint density at radius 1 is 0.914 bits per heavy atom. The Bertz CT molecular complexity index is 1340. The molecule has 0 amide bonds. The molecule has 178 valence electrons. The lowest BCUT2D eigenvalue weighted by atomic mass is 9.97. The minimum atomic E-state index is -1.04. The Morgan fingerprint density at radius 3 is 2.49 bits per heavy atom. The van der Waals surface area contributed by atoms with E-state index in [0.29, 0.717) is 17.9 Å². The van der Waals surface area contributed by atoms with Crippen LogP contribution in [0.4, 0.5) is 0 Å². The molecular weight excluding hydrogens is 434 g/mol. The van der Waals surface area contributed by atoms with E-state index in [0.717, 1.165) is 47.3 Å². The highest BCUT2D eigenvalue weighted by atomic mass is 16.5. The highest BCUT2D eigenvalue weighted by molar-refractivity contribution is 5.94. The molecule has 0 aliphatic carbocycles. The molecule has 1 aromatic heterocycles. The molecule has 3 aromatic carbocycles. The number of ether oxygens (including phenoxy) is 1. The number of aromatic carboxylic acids is 1. The molecule has 0 aliphatic rings. The summed E-state index contributed by atoms with van der Waals surface area (Å²) in [5.74, 6) is -0.233. The average molecular weight is 466 g/mol. The summed E-state index contributed by atoms with van der Waals surface area (Å²) in [6.07, 6.45) is 3.37. The first-order valence-electron chi connectivity index (χ1n) is 12.1. The van der Waals surface area contributed by atoms with Crippen molar-refractivity contribution >= 4 is 5.97 Å². The number of nitrogens with zero attached hydrogens (tertiary/aromatic N) is 1. The summed E-state index contributed by atoms with van der Waals surface area (Å²) in [7, 11) is 0. The number of unbranched alkanes of at least 4 members (excludes halogenated alkanes) is 1. The molecule has 0 radical (unpaired) electrons. The molecule has 0 bridgehead atoms. The van der Waals surface area contributed by atoms with E-state index >= 15 is 0 Å². The van der Waals surface area contributed by atoms with Crippen LogP contribution in [-0.4, -0.2) is 16.1 Å². The van der Waals surface area contributed by atoms with Gasteiger partial charge < -0.3 is 9.84 Å². The first kappa shape index (κ1) is 24.2. The molecule has 0 saturated heterocycles. The Kier molecular flexibility index (Phi) is 7.61. The quantitative estimate of drug-likeness (QED) is 0.276. The van der Waals surface area contributed by atoms with E-state index in [1.165, 1.54) is 11.1 Å². The van der Waals surface area contributed by atoms with E-state index in [1.807, 2.05) is 73.7 Å². The number of carboxylic acid groups (broad SMARTS) is 1. The summed E-state index contributed by atoms with van der Waals surface area (Å²) >= 11 is 0. The van der Waals surface area contributed by atoms with Crippen LogP contribution in [0.5, 0.6) is 5.75 Å². The fourth-order valence-corrected chi connectivity index (χ4v) is 4.22. The molecule has 4 heteroatoms. The molecule has 35 heavy (non-hydrogen) atoms. The number of carbonyl (C=O) groups is 1. The molecule has 1 heterocycles. The molecular formula is C31H31NO3. The van der Waals surface area contributed by atoms with Gasteiger partial charge in [0.2, 0.25) is 0 Å². The number of hydrogen-bond acceptors (Lipinski definition) is 3. The van der Waals surface area contributed by atoms with E-state index < -0.39 is 5.97 Å². The lowest BCUT2D eigenvalue weighted by Crippen LogP contribution is -2.05. The maximum Gasteiger partial charge on any atom is 0.355 e. The first-order chi connectivity index (χ1) is 16.9. The summed E-state index contributed by atoms with van der Waals surface area (Å²) in [5, 5.41) is 9.95. The van der Waals surface area contributed by atoms with E-state index in [4.69, 9.17) is 4.74 Å². The minimum Gasteiger partial charge on any atom is -0.489 e. The van der Waals surface area contributed by atoms with Gasteiger partial charge in [0.25, 0.3) is 0 Å². The average Bonchev–Trinajstić information content (AvgIpc) is 2.86. The Hall–Kier alpha value is -3.92. The van der Waals surface area contributed by atoms with Gasteiger partial charge in [0.1, 0.15) is 12.4 Å². The van der Waals surface area contributed by atoms with Crippen molar-refractivity contribution in [2.24, 2.45) is 0 Å².